The van der Waals surface area contributed by atoms with E-state index in [1.165, 1.54) is 27.5 Å². The van der Waals surface area contributed by atoms with Gasteiger partial charge in [-0.3, -0.25) is 0 Å². The summed E-state index contributed by atoms with van der Waals surface area (Å²) < 4.78 is 0. The van der Waals surface area contributed by atoms with Crippen molar-refractivity contribution in [1.29, 1.82) is 0 Å². The average molecular weight is 301 g/mol. The molecule has 3 nitrogen and oxygen atoms in total. The second-order valence-electron chi connectivity index (χ2n) is 5.00. The maximum atomic E-state index is 5.69. The predicted octanol–water partition coefficient (Wildman–Crippen LogP) is 3.54. The summed E-state index contributed by atoms with van der Waals surface area (Å²) in [6.07, 6.45) is 1.20. The van der Waals surface area contributed by atoms with E-state index >= 15 is 0 Å². The van der Waals surface area contributed by atoms with Crippen LogP contribution < -0.4 is 5.73 Å². The zero-order valence-corrected chi connectivity index (χ0v) is 12.6. The van der Waals surface area contributed by atoms with Crippen LogP contribution in [0.25, 0.3) is 21.7 Å². The van der Waals surface area contributed by atoms with E-state index in [1.807, 2.05) is 35.2 Å². The number of nitrogens with zero attached hydrogens (tertiary/aromatic N) is 1. The van der Waals surface area contributed by atoms with E-state index in [2.05, 4.69) is 17.1 Å². The summed E-state index contributed by atoms with van der Waals surface area (Å²) in [7, 11) is 0. The molecule has 0 amide bonds. The lowest BCUT2D eigenvalue weighted by Gasteiger charge is -2.08. The van der Waals surface area contributed by atoms with Gasteiger partial charge < -0.3 is 10.7 Å². The third kappa shape index (κ3) is 2.06. The second-order valence-corrected chi connectivity index (χ2v) is 7.24. The molecular weight excluding hydrogens is 286 g/mol. The Morgan fingerprint density at radius 2 is 2.25 bits per heavy atom. The smallest absolute Gasteiger partial charge is 0.148 e. The van der Waals surface area contributed by atoms with Gasteiger partial charge in [-0.1, -0.05) is 6.07 Å². The van der Waals surface area contributed by atoms with Crippen molar-refractivity contribution in [3.05, 3.63) is 40.3 Å². The highest BCUT2D eigenvalue weighted by Crippen LogP contribution is 2.36. The van der Waals surface area contributed by atoms with Crippen LogP contribution in [0.4, 0.5) is 0 Å². The number of aryl methyl sites for hydroxylation is 1. The third-order valence-electron chi connectivity index (χ3n) is 3.64. The molecule has 0 unspecified atom stereocenters. The number of thioether (sulfide) groups is 1. The van der Waals surface area contributed by atoms with Gasteiger partial charge in [0.15, 0.2) is 0 Å². The lowest BCUT2D eigenvalue weighted by atomic mass is 10.2. The first kappa shape index (κ1) is 12.4. The van der Waals surface area contributed by atoms with E-state index in [0.717, 1.165) is 28.2 Å². The van der Waals surface area contributed by atoms with E-state index in [4.69, 9.17) is 10.7 Å². The third-order valence-corrected chi connectivity index (χ3v) is 5.89. The Morgan fingerprint density at radius 1 is 1.30 bits per heavy atom. The highest BCUT2D eigenvalue weighted by atomic mass is 32.2. The van der Waals surface area contributed by atoms with Crippen molar-refractivity contribution in [2.24, 2.45) is 5.73 Å². The van der Waals surface area contributed by atoms with E-state index in [1.54, 1.807) is 0 Å². The van der Waals surface area contributed by atoms with Crippen molar-refractivity contribution in [3.63, 3.8) is 0 Å². The molecule has 0 bridgehead atoms. The summed E-state index contributed by atoms with van der Waals surface area (Å²) in [5.41, 5.74) is 10.4. The molecule has 3 heterocycles. The Hall–Kier alpha value is -1.30. The zero-order chi connectivity index (χ0) is 13.5. The molecule has 3 aromatic rings. The Kier molecular flexibility index (Phi) is 3.06. The molecule has 0 spiro atoms. The maximum absolute atomic E-state index is 5.69. The molecule has 4 rings (SSSR count). The van der Waals surface area contributed by atoms with Crippen LogP contribution in [0.5, 0.6) is 0 Å². The molecular formula is C15H15N3S2. The van der Waals surface area contributed by atoms with Crippen LogP contribution in [0.15, 0.2) is 24.3 Å². The number of fused-ring (bicyclic) bond motifs is 2. The summed E-state index contributed by atoms with van der Waals surface area (Å²) >= 11 is 3.90. The van der Waals surface area contributed by atoms with E-state index in [0.29, 0.717) is 6.54 Å². The number of hydrogen-bond donors (Lipinski definition) is 2. The first-order valence-electron chi connectivity index (χ1n) is 6.72. The standard InChI is InChI=1S/C15H15N3S2/c16-7-9-1-2-11-12(5-9)18-15(17-11)14-6-10-8-19-4-3-13(10)20-14/h1-2,5-6H,3-4,7-8,16H2,(H,17,18). The second kappa shape index (κ2) is 4.91. The largest absolute Gasteiger partial charge is 0.337 e. The molecule has 0 atom stereocenters. The van der Waals surface area contributed by atoms with E-state index in [-0.39, 0.29) is 0 Å². The maximum Gasteiger partial charge on any atom is 0.148 e. The first-order valence-corrected chi connectivity index (χ1v) is 8.69. The number of nitrogens with two attached hydrogens (primary N) is 1. The molecule has 1 aliphatic rings. The van der Waals surface area contributed by atoms with E-state index in [9.17, 15) is 0 Å². The monoisotopic (exact) mass is 301 g/mol. The summed E-state index contributed by atoms with van der Waals surface area (Å²) in [6, 6.07) is 8.48. The Morgan fingerprint density at radius 3 is 3.10 bits per heavy atom. The van der Waals surface area contributed by atoms with Crippen LogP contribution >= 0.6 is 23.1 Å². The highest BCUT2D eigenvalue weighted by molar-refractivity contribution is 7.98. The molecule has 20 heavy (non-hydrogen) atoms. The number of H-pyrrole nitrogens is 1. The minimum absolute atomic E-state index is 0.564. The van der Waals surface area contributed by atoms with Crippen molar-refractivity contribution >= 4 is 34.1 Å². The van der Waals surface area contributed by atoms with E-state index < -0.39 is 0 Å². The van der Waals surface area contributed by atoms with Gasteiger partial charge in [0, 0.05) is 17.2 Å². The minimum atomic E-state index is 0.564. The summed E-state index contributed by atoms with van der Waals surface area (Å²) in [5, 5.41) is 0. The lowest BCUT2D eigenvalue weighted by molar-refractivity contribution is 1.07. The molecule has 1 aromatic carbocycles. The van der Waals surface area contributed by atoms with Gasteiger partial charge in [0.1, 0.15) is 5.82 Å². The zero-order valence-electron chi connectivity index (χ0n) is 11.0. The number of benzene rings is 1. The van der Waals surface area contributed by atoms with Gasteiger partial charge in [-0.15, -0.1) is 11.3 Å². The van der Waals surface area contributed by atoms with Crippen molar-refractivity contribution < 1.29 is 0 Å². The van der Waals surface area contributed by atoms with Gasteiger partial charge in [0.05, 0.1) is 15.9 Å². The molecule has 2 aromatic heterocycles. The molecule has 102 valence electrons. The molecule has 0 radical (unpaired) electrons. The van der Waals surface area contributed by atoms with Crippen LogP contribution in [0.1, 0.15) is 16.0 Å². The highest BCUT2D eigenvalue weighted by Gasteiger charge is 2.16. The fourth-order valence-corrected chi connectivity index (χ4v) is 4.88. The van der Waals surface area contributed by atoms with Gasteiger partial charge in [-0.05, 0) is 41.5 Å². The topological polar surface area (TPSA) is 54.7 Å². The Labute approximate surface area is 125 Å². The van der Waals surface area contributed by atoms with Crippen LogP contribution in [0, 0.1) is 0 Å². The molecule has 0 aliphatic carbocycles. The number of aromatic nitrogens is 2. The fraction of sp³-hybridized carbons (Fsp3) is 0.267. The van der Waals surface area contributed by atoms with Gasteiger partial charge in [-0.2, -0.15) is 11.8 Å². The number of thiophene rings is 1. The molecule has 1 aliphatic heterocycles. The van der Waals surface area contributed by atoms with Gasteiger partial charge >= 0.3 is 0 Å². The minimum Gasteiger partial charge on any atom is -0.337 e. The van der Waals surface area contributed by atoms with Crippen LogP contribution in [-0.4, -0.2) is 15.7 Å². The lowest BCUT2D eigenvalue weighted by Crippen LogP contribution is -1.96. The summed E-state index contributed by atoms with van der Waals surface area (Å²) in [4.78, 5) is 10.9. The summed E-state index contributed by atoms with van der Waals surface area (Å²) in [5.74, 6) is 3.37. The van der Waals surface area contributed by atoms with Crippen LogP contribution in [0.2, 0.25) is 0 Å². The van der Waals surface area contributed by atoms with Crippen molar-refractivity contribution in [2.45, 2.75) is 18.7 Å². The number of aromatic amines is 1. The number of imidazole rings is 1. The number of rotatable bonds is 2. The predicted molar refractivity (Wildman–Crippen MR) is 87.2 cm³/mol. The number of nitrogens with one attached hydrogen (secondary N) is 1. The molecule has 0 saturated heterocycles. The Balaban J connectivity index is 1.79. The molecule has 0 saturated carbocycles. The van der Waals surface area contributed by atoms with Gasteiger partial charge in [0.25, 0.3) is 0 Å². The molecule has 5 heteroatoms. The van der Waals surface area contributed by atoms with Gasteiger partial charge in [0.2, 0.25) is 0 Å². The molecule has 0 fully saturated rings. The average Bonchev–Trinajstić information content (AvgIpc) is 3.09. The molecule has 3 N–H and O–H groups in total. The Bertz CT molecular complexity index is 749. The van der Waals surface area contributed by atoms with Crippen molar-refractivity contribution in [1.82, 2.24) is 9.97 Å². The van der Waals surface area contributed by atoms with Crippen molar-refractivity contribution in [2.75, 3.05) is 5.75 Å². The SMILES string of the molecule is NCc1ccc2nc(-c3cc4c(s3)CCSC4)[nH]c2c1. The number of hydrogen-bond acceptors (Lipinski definition) is 4. The van der Waals surface area contributed by atoms with Crippen LogP contribution in [-0.2, 0) is 18.7 Å². The first-order chi connectivity index (χ1) is 9.83. The summed E-state index contributed by atoms with van der Waals surface area (Å²) in [6.45, 7) is 0.564. The normalized spacial score (nSPS) is 14.7. The van der Waals surface area contributed by atoms with Gasteiger partial charge in [-0.25, -0.2) is 4.98 Å². The van der Waals surface area contributed by atoms with Crippen molar-refractivity contribution in [3.8, 4) is 10.7 Å². The quantitative estimate of drug-likeness (QED) is 0.761. The fourth-order valence-electron chi connectivity index (χ4n) is 2.56. The van der Waals surface area contributed by atoms with Crippen LogP contribution in [0.3, 0.4) is 0 Å².